The monoisotopic (exact) mass is 290 g/mol. The topological polar surface area (TPSA) is 35.5 Å². The molecule has 2 N–H and O–H groups in total. The number of piperazine rings is 1. The Morgan fingerprint density at radius 3 is 2.19 bits per heavy atom. The predicted molar refractivity (Wildman–Crippen MR) is 88.8 cm³/mol. The first-order valence-corrected chi connectivity index (χ1v) is 8.24. The summed E-state index contributed by atoms with van der Waals surface area (Å²) >= 11 is 0. The first-order valence-electron chi connectivity index (χ1n) is 8.24. The second-order valence-corrected chi connectivity index (χ2v) is 6.77. The van der Waals surface area contributed by atoms with E-state index in [1.165, 1.54) is 29.5 Å². The van der Waals surface area contributed by atoms with Gasteiger partial charge in [-0.2, -0.15) is 0 Å². The lowest BCUT2D eigenvalue weighted by atomic mass is 9.89. The maximum atomic E-state index is 9.80. The molecule has 0 aromatic heterocycles. The van der Waals surface area contributed by atoms with Crippen LogP contribution in [-0.2, 0) is 0 Å². The van der Waals surface area contributed by atoms with Gasteiger partial charge in [0.05, 0.1) is 0 Å². The predicted octanol–water partition coefficient (Wildman–Crippen LogP) is 3.39. The SMILES string of the molecule is Cc1cc(O)cc(C)c1[C@H](CCC(C)C)N1CCNCC1. The number of nitrogens with one attached hydrogen (secondary N) is 1. The number of nitrogens with zero attached hydrogens (tertiary/aromatic N) is 1. The summed E-state index contributed by atoms with van der Waals surface area (Å²) in [6.45, 7) is 13.2. The molecule has 0 unspecified atom stereocenters. The largest absolute Gasteiger partial charge is 0.508 e. The van der Waals surface area contributed by atoms with Crippen molar-refractivity contribution >= 4 is 0 Å². The van der Waals surface area contributed by atoms with Crippen molar-refractivity contribution in [3.63, 3.8) is 0 Å². The van der Waals surface area contributed by atoms with Crippen LogP contribution in [-0.4, -0.2) is 36.2 Å². The summed E-state index contributed by atoms with van der Waals surface area (Å²) in [5.74, 6) is 1.12. The number of benzene rings is 1. The van der Waals surface area contributed by atoms with Crippen molar-refractivity contribution in [3.05, 3.63) is 28.8 Å². The summed E-state index contributed by atoms with van der Waals surface area (Å²) in [6.07, 6.45) is 2.44. The summed E-state index contributed by atoms with van der Waals surface area (Å²) in [6, 6.07) is 4.30. The van der Waals surface area contributed by atoms with Gasteiger partial charge in [0.1, 0.15) is 5.75 Å². The van der Waals surface area contributed by atoms with Crippen LogP contribution in [0.2, 0.25) is 0 Å². The van der Waals surface area contributed by atoms with E-state index in [9.17, 15) is 5.11 Å². The standard InChI is InChI=1S/C18H30N2O/c1-13(2)5-6-17(20-9-7-19-8-10-20)18-14(3)11-16(21)12-15(18)4/h11-13,17,19,21H,5-10H2,1-4H3/t17-/m0/s1. The molecular formula is C18H30N2O. The minimum Gasteiger partial charge on any atom is -0.508 e. The number of rotatable bonds is 5. The second kappa shape index (κ2) is 7.28. The van der Waals surface area contributed by atoms with Gasteiger partial charge in [-0.05, 0) is 61.4 Å². The molecule has 1 aliphatic rings. The quantitative estimate of drug-likeness (QED) is 0.872. The van der Waals surface area contributed by atoms with Crippen LogP contribution in [0.3, 0.4) is 0 Å². The van der Waals surface area contributed by atoms with E-state index in [2.05, 4.69) is 37.9 Å². The van der Waals surface area contributed by atoms with E-state index in [0.717, 1.165) is 32.1 Å². The van der Waals surface area contributed by atoms with Crippen LogP contribution in [0.5, 0.6) is 5.75 Å². The highest BCUT2D eigenvalue weighted by molar-refractivity contribution is 5.42. The molecule has 0 amide bonds. The van der Waals surface area contributed by atoms with Crippen LogP contribution in [0.15, 0.2) is 12.1 Å². The summed E-state index contributed by atoms with van der Waals surface area (Å²) in [5, 5.41) is 13.2. The van der Waals surface area contributed by atoms with E-state index in [1.54, 1.807) is 0 Å². The van der Waals surface area contributed by atoms with E-state index in [1.807, 2.05) is 12.1 Å². The number of hydrogen-bond acceptors (Lipinski definition) is 3. The lowest BCUT2D eigenvalue weighted by molar-refractivity contribution is 0.159. The van der Waals surface area contributed by atoms with Gasteiger partial charge in [-0.15, -0.1) is 0 Å². The summed E-state index contributed by atoms with van der Waals surface area (Å²) in [5.41, 5.74) is 3.87. The Hall–Kier alpha value is -1.06. The molecule has 1 aromatic carbocycles. The molecule has 0 spiro atoms. The Morgan fingerprint density at radius 1 is 1.10 bits per heavy atom. The smallest absolute Gasteiger partial charge is 0.116 e. The molecule has 118 valence electrons. The van der Waals surface area contributed by atoms with Crippen molar-refractivity contribution in [1.29, 1.82) is 0 Å². The van der Waals surface area contributed by atoms with E-state index in [-0.39, 0.29) is 0 Å². The van der Waals surface area contributed by atoms with Crippen molar-refractivity contribution in [2.24, 2.45) is 5.92 Å². The molecule has 3 heteroatoms. The van der Waals surface area contributed by atoms with Crippen molar-refractivity contribution in [2.45, 2.75) is 46.6 Å². The van der Waals surface area contributed by atoms with Gasteiger partial charge in [0.25, 0.3) is 0 Å². The second-order valence-electron chi connectivity index (χ2n) is 6.77. The number of aryl methyl sites for hydroxylation is 2. The van der Waals surface area contributed by atoms with Gasteiger partial charge in [-0.3, -0.25) is 4.90 Å². The maximum absolute atomic E-state index is 9.80. The first-order chi connectivity index (χ1) is 9.99. The average Bonchev–Trinajstić information content (AvgIpc) is 2.42. The molecule has 0 aliphatic carbocycles. The molecule has 3 nitrogen and oxygen atoms in total. The molecule has 0 radical (unpaired) electrons. The van der Waals surface area contributed by atoms with Crippen LogP contribution in [0, 0.1) is 19.8 Å². The highest BCUT2D eigenvalue weighted by Gasteiger charge is 2.25. The van der Waals surface area contributed by atoms with Crippen LogP contribution < -0.4 is 5.32 Å². The van der Waals surface area contributed by atoms with Crippen LogP contribution in [0.25, 0.3) is 0 Å². The van der Waals surface area contributed by atoms with Gasteiger partial charge in [-0.1, -0.05) is 13.8 Å². The van der Waals surface area contributed by atoms with Gasteiger partial charge >= 0.3 is 0 Å². The lowest BCUT2D eigenvalue weighted by Gasteiger charge is -2.37. The fourth-order valence-corrected chi connectivity index (χ4v) is 3.47. The average molecular weight is 290 g/mol. The number of phenols is 1. The number of phenolic OH excluding ortho intramolecular Hbond substituents is 1. The summed E-state index contributed by atoms with van der Waals surface area (Å²) in [4.78, 5) is 2.62. The third-order valence-electron chi connectivity index (χ3n) is 4.52. The highest BCUT2D eigenvalue weighted by Crippen LogP contribution is 2.34. The van der Waals surface area contributed by atoms with Crippen LogP contribution in [0.1, 0.15) is 49.4 Å². The molecule has 1 atom stereocenters. The Labute approximate surface area is 129 Å². The normalized spacial score (nSPS) is 18.1. The summed E-state index contributed by atoms with van der Waals surface area (Å²) in [7, 11) is 0. The molecule has 1 aromatic rings. The van der Waals surface area contributed by atoms with Gasteiger partial charge in [0.2, 0.25) is 0 Å². The Kier molecular flexibility index (Phi) is 5.65. The van der Waals surface area contributed by atoms with Crippen molar-refractivity contribution in [1.82, 2.24) is 10.2 Å². The van der Waals surface area contributed by atoms with Gasteiger partial charge in [-0.25, -0.2) is 0 Å². The molecule has 1 saturated heterocycles. The Balaban J connectivity index is 2.29. The Morgan fingerprint density at radius 2 is 1.67 bits per heavy atom. The summed E-state index contributed by atoms with van der Waals surface area (Å²) < 4.78 is 0. The van der Waals surface area contributed by atoms with Crippen LogP contribution >= 0.6 is 0 Å². The minimum atomic E-state index is 0.386. The van der Waals surface area contributed by atoms with Crippen molar-refractivity contribution < 1.29 is 5.11 Å². The first kappa shape index (κ1) is 16.3. The number of aromatic hydroxyl groups is 1. The minimum absolute atomic E-state index is 0.386. The van der Waals surface area contributed by atoms with Gasteiger partial charge < -0.3 is 10.4 Å². The van der Waals surface area contributed by atoms with Gasteiger partial charge in [0.15, 0.2) is 0 Å². The van der Waals surface area contributed by atoms with Crippen molar-refractivity contribution in [2.75, 3.05) is 26.2 Å². The molecule has 0 saturated carbocycles. The molecule has 1 fully saturated rings. The fourth-order valence-electron chi connectivity index (χ4n) is 3.47. The molecule has 1 aliphatic heterocycles. The lowest BCUT2D eigenvalue weighted by Crippen LogP contribution is -2.45. The van der Waals surface area contributed by atoms with E-state index >= 15 is 0 Å². The molecule has 1 heterocycles. The van der Waals surface area contributed by atoms with Crippen LogP contribution in [0.4, 0.5) is 0 Å². The van der Waals surface area contributed by atoms with E-state index in [4.69, 9.17) is 0 Å². The Bertz CT molecular complexity index is 441. The highest BCUT2D eigenvalue weighted by atomic mass is 16.3. The molecular weight excluding hydrogens is 260 g/mol. The van der Waals surface area contributed by atoms with Crippen molar-refractivity contribution in [3.8, 4) is 5.75 Å². The molecule has 21 heavy (non-hydrogen) atoms. The molecule has 2 rings (SSSR count). The zero-order valence-electron chi connectivity index (χ0n) is 13.9. The van der Waals surface area contributed by atoms with E-state index in [0.29, 0.717) is 11.8 Å². The van der Waals surface area contributed by atoms with Gasteiger partial charge in [0, 0.05) is 32.2 Å². The third kappa shape index (κ3) is 4.21. The zero-order valence-corrected chi connectivity index (χ0v) is 13.9. The fraction of sp³-hybridized carbons (Fsp3) is 0.667. The number of hydrogen-bond donors (Lipinski definition) is 2. The van der Waals surface area contributed by atoms with E-state index < -0.39 is 0 Å². The zero-order chi connectivity index (χ0) is 15.4. The third-order valence-corrected chi connectivity index (χ3v) is 4.52. The molecule has 0 bridgehead atoms. The maximum Gasteiger partial charge on any atom is 0.116 e.